The fraction of sp³-hybridized carbons (Fsp3) is 0.294. The Labute approximate surface area is 153 Å². The third-order valence-electron chi connectivity index (χ3n) is 3.52. The molecule has 0 aliphatic heterocycles. The van der Waals surface area contributed by atoms with E-state index in [1.54, 1.807) is 13.0 Å². The molecule has 0 aliphatic rings. The van der Waals surface area contributed by atoms with Crippen molar-refractivity contribution in [3.8, 4) is 5.75 Å². The van der Waals surface area contributed by atoms with Crippen LogP contribution in [0.3, 0.4) is 0 Å². The van der Waals surface area contributed by atoms with Gasteiger partial charge in [0.15, 0.2) is 6.10 Å². The molecule has 0 fully saturated rings. The highest BCUT2D eigenvalue weighted by molar-refractivity contribution is 9.10. The summed E-state index contributed by atoms with van der Waals surface area (Å²) in [5.41, 5.74) is 1.20. The quantitative estimate of drug-likeness (QED) is 0.743. The van der Waals surface area contributed by atoms with Crippen molar-refractivity contribution < 1.29 is 19.1 Å². The number of ether oxygens (including phenoxy) is 2. The largest absolute Gasteiger partial charge is 0.480 e. The molecule has 2 rings (SSSR count). The van der Waals surface area contributed by atoms with Gasteiger partial charge in [-0.1, -0.05) is 12.1 Å². The van der Waals surface area contributed by atoms with Gasteiger partial charge in [-0.15, -0.1) is 11.3 Å². The van der Waals surface area contributed by atoms with Gasteiger partial charge in [-0.25, -0.2) is 4.79 Å². The van der Waals surface area contributed by atoms with E-state index in [0.29, 0.717) is 16.3 Å². The van der Waals surface area contributed by atoms with Gasteiger partial charge >= 0.3 is 5.97 Å². The van der Waals surface area contributed by atoms with Crippen LogP contribution in [0, 0.1) is 13.8 Å². The number of hydrogen-bond donors (Lipinski definition) is 1. The maximum absolute atomic E-state index is 12.4. The Bertz CT molecular complexity index is 772. The minimum atomic E-state index is -0.725. The lowest BCUT2D eigenvalue weighted by Gasteiger charge is -2.15. The molecule has 0 saturated carbocycles. The minimum Gasteiger partial charge on any atom is -0.480 e. The van der Waals surface area contributed by atoms with E-state index in [9.17, 15) is 9.59 Å². The number of para-hydroxylation sites is 1. The summed E-state index contributed by atoms with van der Waals surface area (Å²) in [5, 5.41) is 3.24. The topological polar surface area (TPSA) is 64.6 Å². The first kappa shape index (κ1) is 18.5. The van der Waals surface area contributed by atoms with Crippen molar-refractivity contribution in [2.75, 3.05) is 12.4 Å². The molecule has 0 bridgehead atoms. The molecular formula is C17H18BrNO4S. The summed E-state index contributed by atoms with van der Waals surface area (Å²) >= 11 is 4.72. The molecule has 7 heteroatoms. The van der Waals surface area contributed by atoms with Gasteiger partial charge in [0.1, 0.15) is 10.8 Å². The zero-order chi connectivity index (χ0) is 17.9. The number of hydrogen-bond acceptors (Lipinski definition) is 5. The number of nitrogens with one attached hydrogen (secondary N) is 1. The Kier molecular flexibility index (Phi) is 6.01. The van der Waals surface area contributed by atoms with Gasteiger partial charge in [0, 0.05) is 4.88 Å². The number of rotatable bonds is 5. The maximum Gasteiger partial charge on any atom is 0.341 e. The third kappa shape index (κ3) is 3.96. The standard InChI is InChI=1S/C17H18BrNO4S/c1-9-11(3)24-16(14(9)17(21)22-4)19-15(20)10(2)23-13-8-6-5-7-12(13)18/h5-8,10H,1-4H3,(H,19,20)/t10-/m1/s1. The van der Waals surface area contributed by atoms with E-state index < -0.39 is 12.1 Å². The number of anilines is 1. The van der Waals surface area contributed by atoms with Crippen LogP contribution in [0.25, 0.3) is 0 Å². The monoisotopic (exact) mass is 411 g/mol. The summed E-state index contributed by atoms with van der Waals surface area (Å²) in [6.07, 6.45) is -0.725. The van der Waals surface area contributed by atoms with E-state index in [-0.39, 0.29) is 5.91 Å². The molecule has 1 amide bonds. The van der Waals surface area contributed by atoms with Crippen LogP contribution in [0.2, 0.25) is 0 Å². The smallest absolute Gasteiger partial charge is 0.341 e. The van der Waals surface area contributed by atoms with E-state index in [1.807, 2.05) is 32.0 Å². The summed E-state index contributed by atoms with van der Waals surface area (Å²) in [6.45, 7) is 5.37. The normalized spacial score (nSPS) is 11.7. The number of benzene rings is 1. The summed E-state index contributed by atoms with van der Waals surface area (Å²) in [7, 11) is 1.32. The van der Waals surface area contributed by atoms with Gasteiger partial charge in [-0.2, -0.15) is 0 Å². The number of methoxy groups -OCH3 is 1. The average Bonchev–Trinajstić information content (AvgIpc) is 2.83. The van der Waals surface area contributed by atoms with Crippen LogP contribution in [-0.2, 0) is 9.53 Å². The molecule has 0 unspecified atom stereocenters. The lowest BCUT2D eigenvalue weighted by molar-refractivity contribution is -0.122. The first-order chi connectivity index (χ1) is 11.3. The maximum atomic E-state index is 12.4. The molecule has 2 aromatic rings. The third-order valence-corrected chi connectivity index (χ3v) is 5.30. The first-order valence-corrected chi connectivity index (χ1v) is 8.86. The van der Waals surface area contributed by atoms with Crippen LogP contribution in [0.1, 0.15) is 27.7 Å². The second-order valence-corrected chi connectivity index (χ2v) is 7.24. The first-order valence-electron chi connectivity index (χ1n) is 7.25. The summed E-state index contributed by atoms with van der Waals surface area (Å²) in [4.78, 5) is 25.3. The second kappa shape index (κ2) is 7.81. The van der Waals surface area contributed by atoms with Crippen molar-refractivity contribution in [1.82, 2.24) is 0 Å². The van der Waals surface area contributed by atoms with E-state index in [4.69, 9.17) is 9.47 Å². The summed E-state index contributed by atoms with van der Waals surface area (Å²) < 4.78 is 11.2. The number of halogens is 1. The van der Waals surface area contributed by atoms with Crippen LogP contribution in [0.5, 0.6) is 5.75 Å². The van der Waals surface area contributed by atoms with E-state index >= 15 is 0 Å². The molecule has 0 radical (unpaired) electrons. The molecule has 128 valence electrons. The van der Waals surface area contributed by atoms with Gasteiger partial charge in [0.25, 0.3) is 5.91 Å². The van der Waals surface area contributed by atoms with E-state index in [2.05, 4.69) is 21.2 Å². The number of aryl methyl sites for hydroxylation is 1. The van der Waals surface area contributed by atoms with Crippen molar-refractivity contribution in [1.29, 1.82) is 0 Å². The van der Waals surface area contributed by atoms with Gasteiger partial charge in [-0.3, -0.25) is 4.79 Å². The molecule has 0 spiro atoms. The Morgan fingerprint density at radius 2 is 1.92 bits per heavy atom. The number of esters is 1. The molecular weight excluding hydrogens is 394 g/mol. The molecule has 0 aliphatic carbocycles. The highest BCUT2D eigenvalue weighted by Crippen LogP contribution is 2.33. The fourth-order valence-corrected chi connectivity index (χ4v) is 3.49. The van der Waals surface area contributed by atoms with Crippen molar-refractivity contribution in [3.63, 3.8) is 0 Å². The molecule has 1 atom stereocenters. The molecule has 1 aromatic heterocycles. The predicted octanol–water partition coefficient (Wildman–Crippen LogP) is 4.32. The van der Waals surface area contributed by atoms with Crippen LogP contribution in [-0.4, -0.2) is 25.1 Å². The van der Waals surface area contributed by atoms with Gasteiger partial charge in [-0.05, 0) is 54.4 Å². The molecule has 0 saturated heterocycles. The Morgan fingerprint density at radius 3 is 2.54 bits per heavy atom. The zero-order valence-electron chi connectivity index (χ0n) is 13.8. The van der Waals surface area contributed by atoms with E-state index in [1.165, 1.54) is 18.4 Å². The highest BCUT2D eigenvalue weighted by atomic mass is 79.9. The van der Waals surface area contributed by atoms with Gasteiger partial charge in [0.05, 0.1) is 17.1 Å². The highest BCUT2D eigenvalue weighted by Gasteiger charge is 2.24. The van der Waals surface area contributed by atoms with Crippen molar-refractivity contribution in [2.45, 2.75) is 26.9 Å². The summed E-state index contributed by atoms with van der Waals surface area (Å²) in [5.74, 6) is -0.226. The average molecular weight is 412 g/mol. The lowest BCUT2D eigenvalue weighted by atomic mass is 10.1. The number of amides is 1. The lowest BCUT2D eigenvalue weighted by Crippen LogP contribution is -2.30. The molecule has 1 N–H and O–H groups in total. The van der Waals surface area contributed by atoms with Crippen LogP contribution in [0.15, 0.2) is 28.7 Å². The number of carbonyl (C=O) groups is 2. The molecule has 1 aromatic carbocycles. The van der Waals surface area contributed by atoms with Crippen molar-refractivity contribution in [3.05, 3.63) is 44.7 Å². The van der Waals surface area contributed by atoms with E-state index in [0.717, 1.165) is 14.9 Å². The summed E-state index contributed by atoms with van der Waals surface area (Å²) in [6, 6.07) is 7.29. The fourth-order valence-electron chi connectivity index (χ4n) is 2.06. The Balaban J connectivity index is 2.16. The predicted molar refractivity (Wildman–Crippen MR) is 98.0 cm³/mol. The Hall–Kier alpha value is -1.86. The molecule has 5 nitrogen and oxygen atoms in total. The molecule has 1 heterocycles. The molecule has 24 heavy (non-hydrogen) atoms. The Morgan fingerprint density at radius 1 is 1.25 bits per heavy atom. The van der Waals surface area contributed by atoms with Gasteiger partial charge in [0.2, 0.25) is 0 Å². The van der Waals surface area contributed by atoms with Crippen molar-refractivity contribution >= 4 is 44.1 Å². The minimum absolute atomic E-state index is 0.336. The second-order valence-electron chi connectivity index (χ2n) is 5.16. The van der Waals surface area contributed by atoms with Crippen molar-refractivity contribution in [2.24, 2.45) is 0 Å². The van der Waals surface area contributed by atoms with Crippen LogP contribution >= 0.6 is 27.3 Å². The van der Waals surface area contributed by atoms with Crippen LogP contribution < -0.4 is 10.1 Å². The number of thiophene rings is 1. The van der Waals surface area contributed by atoms with Crippen LogP contribution in [0.4, 0.5) is 5.00 Å². The SMILES string of the molecule is COC(=O)c1c(NC(=O)[C@@H](C)Oc2ccccc2Br)sc(C)c1C. The van der Waals surface area contributed by atoms with Gasteiger partial charge < -0.3 is 14.8 Å². The number of carbonyl (C=O) groups excluding carboxylic acids is 2. The zero-order valence-corrected chi connectivity index (χ0v) is 16.2.